The van der Waals surface area contributed by atoms with Crippen molar-refractivity contribution in [2.24, 2.45) is 0 Å². The summed E-state index contributed by atoms with van der Waals surface area (Å²) < 4.78 is 17.2. The lowest BCUT2D eigenvalue weighted by Gasteiger charge is -2.47. The van der Waals surface area contributed by atoms with Crippen LogP contribution in [0.2, 0.25) is 0 Å². The highest BCUT2D eigenvalue weighted by Gasteiger charge is 2.40. The number of ether oxygens (including phenoxy) is 3. The van der Waals surface area contributed by atoms with E-state index in [0.717, 1.165) is 58.2 Å². The number of morpholine rings is 1. The smallest absolute Gasteiger partial charge is 0.119 e. The molecule has 0 aromatic heterocycles. The minimum absolute atomic E-state index is 0.165. The summed E-state index contributed by atoms with van der Waals surface area (Å²) in [5.74, 6) is 0.918. The summed E-state index contributed by atoms with van der Waals surface area (Å²) in [6.07, 6.45) is 2.41. The molecule has 4 rings (SSSR count). The Balaban J connectivity index is 1.33. The van der Waals surface area contributed by atoms with Gasteiger partial charge >= 0.3 is 0 Å². The Morgan fingerprint density at radius 3 is 2.69 bits per heavy atom. The van der Waals surface area contributed by atoms with Crippen LogP contribution in [0.1, 0.15) is 12.8 Å². The summed E-state index contributed by atoms with van der Waals surface area (Å²) in [6, 6.07) is 9.07. The van der Waals surface area contributed by atoms with Crippen LogP contribution in [0.25, 0.3) is 0 Å². The van der Waals surface area contributed by atoms with Gasteiger partial charge in [-0.15, -0.1) is 0 Å². The fourth-order valence-corrected chi connectivity index (χ4v) is 4.43. The molecule has 1 atom stereocenters. The highest BCUT2D eigenvalue weighted by molar-refractivity contribution is 5.49. The van der Waals surface area contributed by atoms with Gasteiger partial charge in [-0.2, -0.15) is 0 Å². The van der Waals surface area contributed by atoms with Crippen LogP contribution in [0.15, 0.2) is 24.3 Å². The highest BCUT2D eigenvalue weighted by atomic mass is 16.5. The maximum atomic E-state index is 6.17. The van der Waals surface area contributed by atoms with Crippen LogP contribution in [0, 0.1) is 0 Å². The van der Waals surface area contributed by atoms with Gasteiger partial charge in [0, 0.05) is 51.0 Å². The fraction of sp³-hybridized carbons (Fsp3) is 0.700. The van der Waals surface area contributed by atoms with Crippen molar-refractivity contribution in [2.45, 2.75) is 24.5 Å². The average Bonchev–Trinajstić information content (AvgIpc) is 2.93. The molecule has 1 aromatic rings. The molecule has 0 bridgehead atoms. The molecule has 0 amide bonds. The Hall–Kier alpha value is -1.34. The number of anilines is 1. The molecule has 6 nitrogen and oxygen atoms in total. The Labute approximate surface area is 156 Å². The van der Waals surface area contributed by atoms with Crippen molar-refractivity contribution in [2.75, 3.05) is 71.1 Å². The molecule has 3 heterocycles. The number of rotatable bonds is 3. The minimum Gasteiger partial charge on any atom is -0.497 e. The molecule has 3 fully saturated rings. The summed E-state index contributed by atoms with van der Waals surface area (Å²) in [4.78, 5) is 5.13. The molecule has 1 aromatic carbocycles. The first-order valence-corrected chi connectivity index (χ1v) is 9.83. The van der Waals surface area contributed by atoms with E-state index in [9.17, 15) is 0 Å². The van der Waals surface area contributed by atoms with Gasteiger partial charge in [0.1, 0.15) is 11.4 Å². The number of methoxy groups -OCH3 is 1. The summed E-state index contributed by atoms with van der Waals surface area (Å²) in [6.45, 7) is 8.35. The summed E-state index contributed by atoms with van der Waals surface area (Å²) in [5, 5.41) is 3.47. The van der Waals surface area contributed by atoms with Gasteiger partial charge in [0.2, 0.25) is 0 Å². The third kappa shape index (κ3) is 3.98. The zero-order chi connectivity index (χ0) is 17.8. The van der Waals surface area contributed by atoms with Crippen molar-refractivity contribution in [3.8, 4) is 5.75 Å². The van der Waals surface area contributed by atoms with E-state index in [2.05, 4.69) is 27.2 Å². The van der Waals surface area contributed by atoms with Crippen molar-refractivity contribution >= 4 is 5.69 Å². The maximum Gasteiger partial charge on any atom is 0.119 e. The van der Waals surface area contributed by atoms with E-state index in [4.69, 9.17) is 14.2 Å². The van der Waals surface area contributed by atoms with Crippen LogP contribution >= 0.6 is 0 Å². The van der Waals surface area contributed by atoms with Crippen molar-refractivity contribution < 1.29 is 14.2 Å². The molecular formula is C20H31N3O3. The normalized spacial score (nSPS) is 28.9. The van der Waals surface area contributed by atoms with Gasteiger partial charge in [-0.25, -0.2) is 0 Å². The monoisotopic (exact) mass is 361 g/mol. The van der Waals surface area contributed by atoms with Crippen LogP contribution in [0.4, 0.5) is 5.69 Å². The largest absolute Gasteiger partial charge is 0.497 e. The Morgan fingerprint density at radius 2 is 1.92 bits per heavy atom. The molecule has 1 N–H and O–H groups in total. The molecule has 3 saturated heterocycles. The van der Waals surface area contributed by atoms with Crippen LogP contribution in [-0.2, 0) is 9.47 Å². The molecule has 0 unspecified atom stereocenters. The molecule has 3 aliphatic heterocycles. The highest BCUT2D eigenvalue weighted by Crippen LogP contribution is 2.28. The standard InChI is InChI=1S/C20H31N3O3/c1-24-19-4-2-17(3-5-19)22-9-6-18(7-10-22)23-11-13-26-20(15-23)14-21-8-12-25-16-20/h2-5,18,21H,6-16H2,1H3/t20-/m0/s1. The quantitative estimate of drug-likeness (QED) is 0.877. The lowest BCUT2D eigenvalue weighted by molar-refractivity contribution is -0.142. The van der Waals surface area contributed by atoms with E-state index in [1.54, 1.807) is 7.11 Å². The maximum absolute atomic E-state index is 6.17. The number of nitrogens with zero attached hydrogens (tertiary/aromatic N) is 2. The topological polar surface area (TPSA) is 46.2 Å². The van der Waals surface area contributed by atoms with E-state index in [1.165, 1.54) is 18.5 Å². The van der Waals surface area contributed by atoms with Gasteiger partial charge in [0.25, 0.3) is 0 Å². The van der Waals surface area contributed by atoms with E-state index < -0.39 is 0 Å². The van der Waals surface area contributed by atoms with Crippen molar-refractivity contribution in [1.29, 1.82) is 0 Å². The second kappa shape index (κ2) is 8.13. The molecule has 0 radical (unpaired) electrons. The Morgan fingerprint density at radius 1 is 1.12 bits per heavy atom. The molecule has 26 heavy (non-hydrogen) atoms. The molecule has 6 heteroatoms. The van der Waals surface area contributed by atoms with Gasteiger partial charge in [-0.3, -0.25) is 4.90 Å². The first kappa shape index (κ1) is 18.0. The Bertz CT molecular complexity index is 564. The lowest BCUT2D eigenvalue weighted by Crippen LogP contribution is -2.61. The Kier molecular flexibility index (Phi) is 5.64. The second-order valence-electron chi connectivity index (χ2n) is 7.65. The molecule has 3 aliphatic rings. The van der Waals surface area contributed by atoms with Crippen molar-refractivity contribution in [3.63, 3.8) is 0 Å². The minimum atomic E-state index is -0.165. The van der Waals surface area contributed by atoms with Crippen molar-refractivity contribution in [3.05, 3.63) is 24.3 Å². The summed E-state index contributed by atoms with van der Waals surface area (Å²) in [5.41, 5.74) is 1.13. The summed E-state index contributed by atoms with van der Waals surface area (Å²) >= 11 is 0. The van der Waals surface area contributed by atoms with E-state index in [-0.39, 0.29) is 5.60 Å². The van der Waals surface area contributed by atoms with Gasteiger partial charge < -0.3 is 24.4 Å². The van der Waals surface area contributed by atoms with E-state index in [0.29, 0.717) is 12.6 Å². The van der Waals surface area contributed by atoms with E-state index >= 15 is 0 Å². The second-order valence-corrected chi connectivity index (χ2v) is 7.65. The van der Waals surface area contributed by atoms with Gasteiger partial charge in [-0.1, -0.05) is 0 Å². The lowest BCUT2D eigenvalue weighted by atomic mass is 9.97. The summed E-state index contributed by atoms with van der Waals surface area (Å²) in [7, 11) is 1.71. The van der Waals surface area contributed by atoms with Crippen LogP contribution in [0.5, 0.6) is 5.75 Å². The van der Waals surface area contributed by atoms with Crippen molar-refractivity contribution in [1.82, 2.24) is 10.2 Å². The number of hydrogen-bond donors (Lipinski definition) is 1. The first-order valence-electron chi connectivity index (χ1n) is 9.83. The molecular weight excluding hydrogens is 330 g/mol. The number of nitrogens with one attached hydrogen (secondary N) is 1. The van der Waals surface area contributed by atoms with Gasteiger partial charge in [-0.05, 0) is 37.1 Å². The van der Waals surface area contributed by atoms with Gasteiger partial charge in [0.15, 0.2) is 0 Å². The number of benzene rings is 1. The van der Waals surface area contributed by atoms with Crippen LogP contribution < -0.4 is 15.0 Å². The predicted octanol–water partition coefficient (Wildman–Crippen LogP) is 1.35. The number of hydrogen-bond acceptors (Lipinski definition) is 6. The predicted molar refractivity (Wildman–Crippen MR) is 102 cm³/mol. The first-order chi connectivity index (χ1) is 12.8. The SMILES string of the molecule is COc1ccc(N2CCC(N3CCO[C@@]4(CNCCOC4)C3)CC2)cc1. The zero-order valence-corrected chi connectivity index (χ0v) is 15.8. The molecule has 0 saturated carbocycles. The van der Waals surface area contributed by atoms with Crippen LogP contribution in [-0.4, -0.2) is 82.7 Å². The van der Waals surface area contributed by atoms with Gasteiger partial charge in [0.05, 0.1) is 26.9 Å². The third-order valence-corrected chi connectivity index (χ3v) is 5.93. The molecule has 144 valence electrons. The average molecular weight is 361 g/mol. The number of piperidine rings is 1. The van der Waals surface area contributed by atoms with Crippen LogP contribution in [0.3, 0.4) is 0 Å². The fourth-order valence-electron chi connectivity index (χ4n) is 4.43. The van der Waals surface area contributed by atoms with E-state index in [1.807, 2.05) is 12.1 Å². The zero-order valence-electron chi connectivity index (χ0n) is 15.8. The molecule has 1 spiro atoms. The molecule has 0 aliphatic carbocycles. The third-order valence-electron chi connectivity index (χ3n) is 5.93.